The number of carbonyl (C=O) groups excluding carboxylic acids is 1. The zero-order valence-corrected chi connectivity index (χ0v) is 9.21. The summed E-state index contributed by atoms with van der Waals surface area (Å²) in [4.78, 5) is 24.7. The van der Waals surface area contributed by atoms with Gasteiger partial charge in [0.2, 0.25) is 11.5 Å². The van der Waals surface area contributed by atoms with E-state index in [-0.39, 0.29) is 17.0 Å². The fraction of sp³-hybridized carbons (Fsp3) is 0.167. The van der Waals surface area contributed by atoms with Gasteiger partial charge in [0, 0.05) is 23.6 Å². The van der Waals surface area contributed by atoms with Gasteiger partial charge in [0.25, 0.3) is 0 Å². The third kappa shape index (κ3) is 2.33. The van der Waals surface area contributed by atoms with E-state index < -0.39 is 5.82 Å². The standard InChI is InChI=1S/C12H11FN2O2/c1-2-10(16)14-8-5-7-3-4-11(17)15-12(7)9(13)6-8/h3-6H,2H2,1H3,(H,14,16)(H,15,17). The highest BCUT2D eigenvalue weighted by Gasteiger charge is 2.06. The number of aromatic amines is 1. The van der Waals surface area contributed by atoms with Gasteiger partial charge in [0.15, 0.2) is 0 Å². The molecule has 0 saturated carbocycles. The summed E-state index contributed by atoms with van der Waals surface area (Å²) >= 11 is 0. The van der Waals surface area contributed by atoms with Crippen LogP contribution in [0.4, 0.5) is 10.1 Å². The van der Waals surface area contributed by atoms with Crippen LogP contribution in [0.15, 0.2) is 29.1 Å². The molecule has 5 heteroatoms. The third-order valence-corrected chi connectivity index (χ3v) is 2.39. The maximum Gasteiger partial charge on any atom is 0.248 e. The van der Waals surface area contributed by atoms with E-state index in [0.717, 1.165) is 0 Å². The molecule has 0 aliphatic heterocycles. The average molecular weight is 234 g/mol. The van der Waals surface area contributed by atoms with Gasteiger partial charge in [-0.3, -0.25) is 9.59 Å². The van der Waals surface area contributed by atoms with Crippen LogP contribution in [0.25, 0.3) is 10.9 Å². The number of nitrogens with one attached hydrogen (secondary N) is 2. The lowest BCUT2D eigenvalue weighted by Gasteiger charge is -2.06. The molecule has 0 aliphatic rings. The van der Waals surface area contributed by atoms with Crippen molar-refractivity contribution in [3.05, 3.63) is 40.4 Å². The van der Waals surface area contributed by atoms with Crippen molar-refractivity contribution in [1.29, 1.82) is 0 Å². The molecular formula is C12H11FN2O2. The second kappa shape index (κ2) is 4.37. The number of carbonyl (C=O) groups is 1. The molecule has 1 aromatic heterocycles. The quantitative estimate of drug-likeness (QED) is 0.835. The fourth-order valence-electron chi connectivity index (χ4n) is 1.54. The van der Waals surface area contributed by atoms with Crippen molar-refractivity contribution < 1.29 is 9.18 Å². The zero-order chi connectivity index (χ0) is 12.4. The van der Waals surface area contributed by atoms with Gasteiger partial charge in [-0.25, -0.2) is 4.39 Å². The number of H-pyrrole nitrogens is 1. The summed E-state index contributed by atoms with van der Waals surface area (Å²) < 4.78 is 13.7. The van der Waals surface area contributed by atoms with Crippen LogP contribution in [-0.2, 0) is 4.79 Å². The summed E-state index contributed by atoms with van der Waals surface area (Å²) in [5.74, 6) is -0.750. The van der Waals surface area contributed by atoms with Crippen molar-refractivity contribution in [2.75, 3.05) is 5.32 Å². The van der Waals surface area contributed by atoms with Crippen LogP contribution in [0.1, 0.15) is 13.3 Å². The number of fused-ring (bicyclic) bond motifs is 1. The van der Waals surface area contributed by atoms with Crippen molar-refractivity contribution in [2.24, 2.45) is 0 Å². The number of aromatic nitrogens is 1. The second-order valence-electron chi connectivity index (χ2n) is 3.65. The topological polar surface area (TPSA) is 62.0 Å². The minimum Gasteiger partial charge on any atom is -0.326 e. The van der Waals surface area contributed by atoms with E-state index in [1.807, 2.05) is 0 Å². The smallest absolute Gasteiger partial charge is 0.248 e. The Kier molecular flexibility index (Phi) is 2.91. The van der Waals surface area contributed by atoms with Gasteiger partial charge in [-0.2, -0.15) is 0 Å². The van der Waals surface area contributed by atoms with E-state index in [1.165, 1.54) is 18.2 Å². The Morgan fingerprint density at radius 1 is 1.41 bits per heavy atom. The van der Waals surface area contributed by atoms with Crippen LogP contribution in [0, 0.1) is 5.82 Å². The Morgan fingerprint density at radius 2 is 2.18 bits per heavy atom. The molecule has 4 nitrogen and oxygen atoms in total. The van der Waals surface area contributed by atoms with Gasteiger partial charge in [-0.1, -0.05) is 6.92 Å². The van der Waals surface area contributed by atoms with E-state index in [0.29, 0.717) is 17.5 Å². The molecule has 1 aromatic carbocycles. The summed E-state index contributed by atoms with van der Waals surface area (Å²) in [6.07, 6.45) is 0.325. The van der Waals surface area contributed by atoms with Crippen LogP contribution >= 0.6 is 0 Å². The van der Waals surface area contributed by atoms with Crippen LogP contribution in [0.2, 0.25) is 0 Å². The van der Waals surface area contributed by atoms with Crippen molar-refractivity contribution in [3.63, 3.8) is 0 Å². The largest absolute Gasteiger partial charge is 0.326 e. The van der Waals surface area contributed by atoms with Crippen LogP contribution in [0.5, 0.6) is 0 Å². The highest BCUT2D eigenvalue weighted by molar-refractivity contribution is 5.93. The van der Waals surface area contributed by atoms with Crippen molar-refractivity contribution in [1.82, 2.24) is 4.98 Å². The lowest BCUT2D eigenvalue weighted by molar-refractivity contribution is -0.115. The maximum atomic E-state index is 13.7. The second-order valence-corrected chi connectivity index (χ2v) is 3.65. The lowest BCUT2D eigenvalue weighted by atomic mass is 10.2. The Morgan fingerprint density at radius 3 is 2.88 bits per heavy atom. The molecule has 0 aliphatic carbocycles. The van der Waals surface area contributed by atoms with Crippen LogP contribution in [-0.4, -0.2) is 10.9 Å². The first-order valence-electron chi connectivity index (χ1n) is 5.22. The van der Waals surface area contributed by atoms with Crippen molar-refractivity contribution in [2.45, 2.75) is 13.3 Å². The van der Waals surface area contributed by atoms with E-state index in [1.54, 1.807) is 13.0 Å². The highest BCUT2D eigenvalue weighted by Crippen LogP contribution is 2.20. The third-order valence-electron chi connectivity index (χ3n) is 2.39. The number of hydrogen-bond acceptors (Lipinski definition) is 2. The van der Waals surface area contributed by atoms with E-state index >= 15 is 0 Å². The number of anilines is 1. The zero-order valence-electron chi connectivity index (χ0n) is 9.21. The molecule has 0 bridgehead atoms. The van der Waals surface area contributed by atoms with Gasteiger partial charge in [-0.05, 0) is 18.2 Å². The fourth-order valence-corrected chi connectivity index (χ4v) is 1.54. The highest BCUT2D eigenvalue weighted by atomic mass is 19.1. The molecular weight excluding hydrogens is 223 g/mol. The van der Waals surface area contributed by atoms with Crippen LogP contribution < -0.4 is 10.9 Å². The molecule has 0 spiro atoms. The molecule has 0 radical (unpaired) electrons. The molecule has 0 atom stereocenters. The molecule has 88 valence electrons. The molecule has 17 heavy (non-hydrogen) atoms. The predicted molar refractivity (Wildman–Crippen MR) is 63.4 cm³/mol. The van der Waals surface area contributed by atoms with E-state index in [9.17, 15) is 14.0 Å². The molecule has 0 saturated heterocycles. The first kappa shape index (κ1) is 11.3. The van der Waals surface area contributed by atoms with Gasteiger partial charge in [-0.15, -0.1) is 0 Å². The Bertz CT molecular complexity index is 634. The lowest BCUT2D eigenvalue weighted by Crippen LogP contribution is -2.10. The Hall–Kier alpha value is -2.17. The summed E-state index contributed by atoms with van der Waals surface area (Å²) in [6, 6.07) is 5.62. The van der Waals surface area contributed by atoms with E-state index in [2.05, 4.69) is 10.3 Å². The normalized spacial score (nSPS) is 10.5. The number of halogens is 1. The number of benzene rings is 1. The van der Waals surface area contributed by atoms with Crippen molar-refractivity contribution in [3.8, 4) is 0 Å². The predicted octanol–water partition coefficient (Wildman–Crippen LogP) is 2.02. The average Bonchev–Trinajstić information content (AvgIpc) is 2.30. The summed E-state index contributed by atoms with van der Waals surface area (Å²) in [7, 11) is 0. The first-order valence-corrected chi connectivity index (χ1v) is 5.22. The van der Waals surface area contributed by atoms with Gasteiger partial charge < -0.3 is 10.3 Å². The molecule has 1 amide bonds. The number of amides is 1. The minimum absolute atomic E-state index is 0.145. The number of rotatable bonds is 2. The molecule has 2 aromatic rings. The molecule has 2 rings (SSSR count). The molecule has 2 N–H and O–H groups in total. The van der Waals surface area contributed by atoms with Gasteiger partial charge in [0.1, 0.15) is 5.82 Å². The molecule has 0 fully saturated rings. The maximum absolute atomic E-state index is 13.7. The van der Waals surface area contributed by atoms with E-state index in [4.69, 9.17) is 0 Å². The minimum atomic E-state index is -0.563. The summed E-state index contributed by atoms with van der Waals surface area (Å²) in [6.45, 7) is 1.71. The van der Waals surface area contributed by atoms with Crippen molar-refractivity contribution >= 4 is 22.5 Å². The Balaban J connectivity index is 2.52. The first-order chi connectivity index (χ1) is 8.10. The number of pyridine rings is 1. The summed E-state index contributed by atoms with van der Waals surface area (Å²) in [5.41, 5.74) is 0.169. The number of hydrogen-bond donors (Lipinski definition) is 2. The van der Waals surface area contributed by atoms with Gasteiger partial charge in [0.05, 0.1) is 5.52 Å². The monoisotopic (exact) mass is 234 g/mol. The Labute approximate surface area is 96.5 Å². The van der Waals surface area contributed by atoms with Crippen LogP contribution in [0.3, 0.4) is 0 Å². The SMILES string of the molecule is CCC(=O)Nc1cc(F)c2[nH]c(=O)ccc2c1. The molecule has 0 unspecified atom stereocenters. The summed E-state index contributed by atoms with van der Waals surface area (Å²) in [5, 5.41) is 3.11. The molecule has 1 heterocycles. The van der Waals surface area contributed by atoms with Gasteiger partial charge >= 0.3 is 0 Å².